The maximum Gasteiger partial charge on any atom is 0.416 e. The van der Waals surface area contributed by atoms with Gasteiger partial charge in [0.05, 0.1) is 29.8 Å². The lowest BCUT2D eigenvalue weighted by atomic mass is 10.0. The molecule has 0 aliphatic carbocycles. The summed E-state index contributed by atoms with van der Waals surface area (Å²) in [6, 6.07) is 2.46. The predicted octanol–water partition coefficient (Wildman–Crippen LogP) is 4.13. The van der Waals surface area contributed by atoms with Crippen molar-refractivity contribution in [1.29, 1.82) is 0 Å². The Bertz CT molecular complexity index is 1270. The lowest BCUT2D eigenvalue weighted by Gasteiger charge is -2.17. The van der Waals surface area contributed by atoms with Crippen molar-refractivity contribution in [3.8, 4) is 5.82 Å². The molecule has 15 heteroatoms. The average molecular weight is 530 g/mol. The Morgan fingerprint density at radius 1 is 1.03 bits per heavy atom. The molecule has 2 heterocycles. The summed E-state index contributed by atoms with van der Waals surface area (Å²) in [7, 11) is 2.71. The first-order chi connectivity index (χ1) is 17.1. The smallest absolute Gasteiger partial charge is 0.342 e. The lowest BCUT2D eigenvalue weighted by molar-refractivity contribution is -0.143. The van der Waals surface area contributed by atoms with Crippen LogP contribution in [0.5, 0.6) is 0 Å². The number of amides is 2. The van der Waals surface area contributed by atoms with Crippen molar-refractivity contribution in [2.45, 2.75) is 32.2 Å². The largest absolute Gasteiger partial charge is 0.416 e. The number of nitrogens with zero attached hydrogens (tertiary/aromatic N) is 5. The Kier molecular flexibility index (Phi) is 7.57. The van der Waals surface area contributed by atoms with Gasteiger partial charge in [0, 0.05) is 18.8 Å². The highest BCUT2D eigenvalue weighted by Crippen LogP contribution is 2.36. The van der Waals surface area contributed by atoms with E-state index in [-0.39, 0.29) is 29.1 Å². The van der Waals surface area contributed by atoms with Crippen LogP contribution in [-0.4, -0.2) is 50.8 Å². The summed E-state index contributed by atoms with van der Waals surface area (Å²) in [6.07, 6.45) is -8.95. The number of aryl methyl sites for hydroxylation is 1. The zero-order chi connectivity index (χ0) is 27.7. The van der Waals surface area contributed by atoms with E-state index in [1.165, 1.54) is 51.0 Å². The summed E-state index contributed by atoms with van der Waals surface area (Å²) in [5.74, 6) is -1.14. The van der Waals surface area contributed by atoms with Gasteiger partial charge in [-0.15, -0.1) is 5.10 Å². The van der Waals surface area contributed by atoms with Gasteiger partial charge in [-0.1, -0.05) is 0 Å². The van der Waals surface area contributed by atoms with E-state index in [2.05, 4.69) is 20.4 Å². The number of hydrogen-bond donors (Lipinski definition) is 1. The maximum atomic E-state index is 13.2. The van der Waals surface area contributed by atoms with Gasteiger partial charge in [0.15, 0.2) is 11.6 Å². The van der Waals surface area contributed by atoms with Gasteiger partial charge in [0.1, 0.15) is 5.82 Å². The number of halogens is 6. The molecular weight excluding hydrogens is 510 g/mol. The molecule has 0 bridgehead atoms. The van der Waals surface area contributed by atoms with Gasteiger partial charge in [-0.25, -0.2) is 15.0 Å². The van der Waals surface area contributed by atoms with Gasteiger partial charge in [-0.05, 0) is 44.2 Å². The predicted molar refractivity (Wildman–Crippen MR) is 115 cm³/mol. The fourth-order valence-electron chi connectivity index (χ4n) is 3.21. The van der Waals surface area contributed by atoms with Crippen LogP contribution in [0.3, 0.4) is 0 Å². The van der Waals surface area contributed by atoms with Gasteiger partial charge in [0.2, 0.25) is 0 Å². The van der Waals surface area contributed by atoms with Crippen molar-refractivity contribution in [3.05, 3.63) is 70.4 Å². The topological polar surface area (TPSA) is 102 Å². The number of aromatic nitrogens is 4. The number of hydrogen-bond acceptors (Lipinski definition) is 6. The van der Waals surface area contributed by atoms with Crippen LogP contribution in [0.2, 0.25) is 0 Å². The summed E-state index contributed by atoms with van der Waals surface area (Å²) in [4.78, 5) is 38.0. The third-order valence-electron chi connectivity index (χ3n) is 5.09. The molecule has 1 atom stereocenters. The number of rotatable bonds is 6. The van der Waals surface area contributed by atoms with Gasteiger partial charge < -0.3 is 5.32 Å². The summed E-state index contributed by atoms with van der Waals surface area (Å²) < 4.78 is 80.2. The molecule has 198 valence electrons. The third-order valence-corrected chi connectivity index (χ3v) is 5.09. The van der Waals surface area contributed by atoms with Crippen LogP contribution in [-0.2, 0) is 17.2 Å². The van der Waals surface area contributed by atoms with E-state index in [4.69, 9.17) is 4.84 Å². The zero-order valence-electron chi connectivity index (χ0n) is 19.8. The van der Waals surface area contributed by atoms with E-state index in [0.717, 1.165) is 5.06 Å². The number of nitrogens with one attached hydrogen (secondary N) is 1. The lowest BCUT2D eigenvalue weighted by Crippen LogP contribution is -2.29. The Labute approximate surface area is 206 Å². The molecule has 9 nitrogen and oxygen atoms in total. The summed E-state index contributed by atoms with van der Waals surface area (Å²) in [5, 5.41) is 7.50. The van der Waals surface area contributed by atoms with Gasteiger partial charge in [-0.3, -0.25) is 14.4 Å². The Morgan fingerprint density at radius 2 is 1.62 bits per heavy atom. The maximum absolute atomic E-state index is 13.2. The first-order valence-corrected chi connectivity index (χ1v) is 10.4. The van der Waals surface area contributed by atoms with Crippen molar-refractivity contribution in [2.75, 3.05) is 14.2 Å². The number of benzene rings is 1. The van der Waals surface area contributed by atoms with Crippen LogP contribution in [0.15, 0.2) is 36.5 Å². The summed E-state index contributed by atoms with van der Waals surface area (Å²) >= 11 is 0. The second-order valence-electron chi connectivity index (χ2n) is 7.81. The minimum atomic E-state index is -5.10. The van der Waals surface area contributed by atoms with Crippen molar-refractivity contribution >= 4 is 11.8 Å². The number of hydroxylamine groups is 2. The molecule has 0 saturated heterocycles. The second kappa shape index (κ2) is 10.2. The highest BCUT2D eigenvalue weighted by Gasteiger charge is 2.37. The standard InChI is InChI=1S/C22H20F6N6O3/c1-11(30-19(35)14-7-15(21(23,24)25)9-16(8-14)22(26,27)28)18-31-12(2)32-34(18)17-6-5-13(10-29-17)20(36)33(3)37-4/h5-11H,1-4H3,(H,30,35)/t11-/m0/s1. The highest BCUT2D eigenvalue weighted by molar-refractivity contribution is 5.95. The van der Waals surface area contributed by atoms with Gasteiger partial charge >= 0.3 is 12.4 Å². The summed E-state index contributed by atoms with van der Waals surface area (Å²) in [6.45, 7) is 2.95. The molecule has 1 aromatic carbocycles. The Hall–Kier alpha value is -4.01. The van der Waals surface area contributed by atoms with Crippen molar-refractivity contribution < 1.29 is 40.8 Å². The van der Waals surface area contributed by atoms with E-state index < -0.39 is 46.9 Å². The van der Waals surface area contributed by atoms with Gasteiger partial charge in [-0.2, -0.15) is 31.0 Å². The van der Waals surface area contributed by atoms with Crippen molar-refractivity contribution in [3.63, 3.8) is 0 Å². The van der Waals surface area contributed by atoms with Crippen LogP contribution in [0.1, 0.15) is 56.5 Å². The summed E-state index contributed by atoms with van der Waals surface area (Å²) in [5.41, 5.74) is -3.87. The second-order valence-corrected chi connectivity index (χ2v) is 7.81. The highest BCUT2D eigenvalue weighted by atomic mass is 19.4. The SMILES string of the molecule is CON(C)C(=O)c1ccc(-n2nc(C)nc2[C@H](C)NC(=O)c2cc(C(F)(F)F)cc(C(F)(F)F)c2)nc1. The van der Waals surface area contributed by atoms with Crippen LogP contribution in [0.4, 0.5) is 26.3 Å². The average Bonchev–Trinajstić information content (AvgIpc) is 3.23. The normalized spacial score (nSPS) is 12.8. The number of pyridine rings is 1. The molecule has 0 spiro atoms. The van der Waals surface area contributed by atoms with E-state index in [9.17, 15) is 35.9 Å². The van der Waals surface area contributed by atoms with Crippen LogP contribution in [0, 0.1) is 6.92 Å². The minimum Gasteiger partial charge on any atom is -0.342 e. The Balaban J connectivity index is 1.90. The fourth-order valence-corrected chi connectivity index (χ4v) is 3.21. The van der Waals surface area contributed by atoms with Crippen molar-refractivity contribution in [2.24, 2.45) is 0 Å². The van der Waals surface area contributed by atoms with E-state index in [0.29, 0.717) is 12.1 Å². The Morgan fingerprint density at radius 3 is 2.11 bits per heavy atom. The molecule has 1 N–H and O–H groups in total. The molecule has 0 unspecified atom stereocenters. The van der Waals surface area contributed by atoms with E-state index in [1.807, 2.05) is 0 Å². The monoisotopic (exact) mass is 530 g/mol. The minimum absolute atomic E-state index is 0.0648. The molecule has 0 aliphatic rings. The number of carbonyl (C=O) groups excluding carboxylic acids is 2. The fraction of sp³-hybridized carbons (Fsp3) is 0.318. The van der Waals surface area contributed by atoms with E-state index in [1.54, 1.807) is 0 Å². The number of alkyl halides is 6. The molecule has 3 rings (SSSR count). The molecule has 2 aromatic heterocycles. The number of carbonyl (C=O) groups is 2. The van der Waals surface area contributed by atoms with Crippen LogP contribution >= 0.6 is 0 Å². The van der Waals surface area contributed by atoms with Crippen LogP contribution < -0.4 is 5.32 Å². The molecule has 0 aliphatic heterocycles. The molecular formula is C22H20F6N6O3. The molecule has 2 amide bonds. The van der Waals surface area contributed by atoms with Crippen LogP contribution in [0.25, 0.3) is 5.82 Å². The van der Waals surface area contributed by atoms with Crippen molar-refractivity contribution in [1.82, 2.24) is 30.1 Å². The van der Waals surface area contributed by atoms with E-state index >= 15 is 0 Å². The molecule has 0 fully saturated rings. The zero-order valence-corrected chi connectivity index (χ0v) is 19.8. The molecule has 0 radical (unpaired) electrons. The third kappa shape index (κ3) is 6.22. The molecule has 37 heavy (non-hydrogen) atoms. The first kappa shape index (κ1) is 27.6. The first-order valence-electron chi connectivity index (χ1n) is 10.4. The van der Waals surface area contributed by atoms with Gasteiger partial charge in [0.25, 0.3) is 11.8 Å². The quantitative estimate of drug-likeness (QED) is 0.380. The molecule has 0 saturated carbocycles. The molecule has 3 aromatic rings.